The van der Waals surface area contributed by atoms with Crippen molar-refractivity contribution in [2.45, 2.75) is 46.1 Å². The van der Waals surface area contributed by atoms with E-state index in [0.717, 1.165) is 18.7 Å². The van der Waals surface area contributed by atoms with Crippen molar-refractivity contribution in [2.24, 2.45) is 5.41 Å². The average molecular weight is 262 g/mol. The maximum atomic E-state index is 11.8. The summed E-state index contributed by atoms with van der Waals surface area (Å²) in [7, 11) is 0. The molecule has 0 bridgehead atoms. The Kier molecular flexibility index (Phi) is 2.45. The molecule has 0 aromatic carbocycles. The lowest BCUT2D eigenvalue weighted by Gasteiger charge is -2.02. The fraction of sp³-hybridized carbons (Fsp3) is 0.615. The number of fused-ring (bicyclic) bond motifs is 1. The summed E-state index contributed by atoms with van der Waals surface area (Å²) in [6.07, 6.45) is 1.88. The first-order valence-corrected chi connectivity index (χ1v) is 6.67. The SMILES string of the molecule is CCCn1c(=O)[nH]c(=O)c2[nH]c(C3CC3(C)C)nc21. The van der Waals surface area contributed by atoms with Gasteiger partial charge in [0, 0.05) is 12.5 Å². The lowest BCUT2D eigenvalue weighted by Crippen LogP contribution is -2.30. The van der Waals surface area contributed by atoms with Crippen molar-refractivity contribution in [3.05, 3.63) is 26.7 Å². The first-order chi connectivity index (χ1) is 8.94. The lowest BCUT2D eigenvalue weighted by atomic mass is 10.1. The Morgan fingerprint density at radius 1 is 1.37 bits per heavy atom. The first-order valence-electron chi connectivity index (χ1n) is 6.67. The molecule has 0 aliphatic heterocycles. The molecule has 2 N–H and O–H groups in total. The van der Waals surface area contributed by atoms with E-state index in [1.54, 1.807) is 0 Å². The van der Waals surface area contributed by atoms with Crippen LogP contribution >= 0.6 is 0 Å². The number of hydrogen-bond acceptors (Lipinski definition) is 3. The molecule has 3 rings (SSSR count). The Morgan fingerprint density at radius 2 is 2.05 bits per heavy atom. The van der Waals surface area contributed by atoms with Gasteiger partial charge in [0.15, 0.2) is 5.65 Å². The van der Waals surface area contributed by atoms with Gasteiger partial charge in [0.1, 0.15) is 11.3 Å². The Hall–Kier alpha value is -1.85. The van der Waals surface area contributed by atoms with Gasteiger partial charge in [-0.2, -0.15) is 0 Å². The van der Waals surface area contributed by atoms with Gasteiger partial charge in [-0.3, -0.25) is 14.3 Å². The fourth-order valence-corrected chi connectivity index (χ4v) is 2.59. The molecule has 1 aliphatic carbocycles. The molecule has 2 aromatic heterocycles. The first kappa shape index (κ1) is 12.2. The third-order valence-corrected chi connectivity index (χ3v) is 3.94. The highest BCUT2D eigenvalue weighted by Gasteiger charge is 2.48. The zero-order valence-electron chi connectivity index (χ0n) is 11.4. The van der Waals surface area contributed by atoms with Crippen LogP contribution in [0.4, 0.5) is 0 Å². The Labute approximate surface area is 109 Å². The molecule has 1 saturated carbocycles. The predicted molar refractivity (Wildman–Crippen MR) is 72.4 cm³/mol. The van der Waals surface area contributed by atoms with Gasteiger partial charge >= 0.3 is 5.69 Å². The second-order valence-corrected chi connectivity index (χ2v) is 5.98. The van der Waals surface area contributed by atoms with Crippen LogP contribution in [0.1, 0.15) is 45.4 Å². The van der Waals surface area contributed by atoms with Crippen LogP contribution in [0.2, 0.25) is 0 Å². The minimum Gasteiger partial charge on any atom is -0.336 e. The fourth-order valence-electron chi connectivity index (χ4n) is 2.59. The summed E-state index contributed by atoms with van der Waals surface area (Å²) in [5, 5.41) is 0. The summed E-state index contributed by atoms with van der Waals surface area (Å²) in [5.41, 5.74) is 0.354. The molecule has 0 amide bonds. The Balaban J connectivity index is 2.21. The number of hydrogen-bond donors (Lipinski definition) is 2. The number of nitrogens with zero attached hydrogens (tertiary/aromatic N) is 2. The number of aryl methyl sites for hydroxylation is 1. The van der Waals surface area contributed by atoms with E-state index < -0.39 is 0 Å². The smallest absolute Gasteiger partial charge is 0.330 e. The van der Waals surface area contributed by atoms with Gasteiger partial charge in [0.25, 0.3) is 5.56 Å². The number of H-pyrrole nitrogens is 2. The molecule has 0 saturated heterocycles. The molecule has 6 heteroatoms. The van der Waals surface area contributed by atoms with E-state index in [9.17, 15) is 9.59 Å². The minimum atomic E-state index is -0.385. The van der Waals surface area contributed by atoms with Crippen LogP contribution in [0.5, 0.6) is 0 Å². The molecule has 19 heavy (non-hydrogen) atoms. The second-order valence-electron chi connectivity index (χ2n) is 5.98. The highest BCUT2D eigenvalue weighted by atomic mass is 16.2. The summed E-state index contributed by atoms with van der Waals surface area (Å²) in [5.74, 6) is 1.17. The Morgan fingerprint density at radius 3 is 2.63 bits per heavy atom. The number of rotatable bonds is 3. The van der Waals surface area contributed by atoms with Gasteiger partial charge in [-0.15, -0.1) is 0 Å². The molecule has 1 atom stereocenters. The number of imidazole rings is 1. The van der Waals surface area contributed by atoms with Gasteiger partial charge in [0.2, 0.25) is 0 Å². The van der Waals surface area contributed by atoms with Crippen LogP contribution in [0, 0.1) is 5.41 Å². The van der Waals surface area contributed by atoms with Gasteiger partial charge < -0.3 is 4.98 Å². The monoisotopic (exact) mass is 262 g/mol. The largest absolute Gasteiger partial charge is 0.336 e. The molecule has 1 fully saturated rings. The second kappa shape index (κ2) is 3.82. The summed E-state index contributed by atoms with van der Waals surface area (Å²) in [4.78, 5) is 33.6. The van der Waals surface area contributed by atoms with E-state index in [1.165, 1.54) is 4.57 Å². The van der Waals surface area contributed by atoms with E-state index in [1.807, 2.05) is 6.92 Å². The molecular formula is C13H18N4O2. The van der Waals surface area contributed by atoms with Gasteiger partial charge in [-0.25, -0.2) is 9.78 Å². The normalized spacial score (nSPS) is 20.9. The molecular weight excluding hydrogens is 244 g/mol. The van der Waals surface area contributed by atoms with E-state index in [-0.39, 0.29) is 16.7 Å². The van der Waals surface area contributed by atoms with Crippen LogP contribution < -0.4 is 11.2 Å². The third kappa shape index (κ3) is 1.82. The van der Waals surface area contributed by atoms with Crippen molar-refractivity contribution < 1.29 is 0 Å². The zero-order valence-corrected chi connectivity index (χ0v) is 11.4. The maximum absolute atomic E-state index is 11.8. The van der Waals surface area contributed by atoms with Crippen LogP contribution in [-0.4, -0.2) is 19.5 Å². The number of aromatic amines is 2. The minimum absolute atomic E-state index is 0.233. The Bertz CT molecular complexity index is 750. The molecule has 0 radical (unpaired) electrons. The quantitative estimate of drug-likeness (QED) is 0.875. The van der Waals surface area contributed by atoms with Crippen molar-refractivity contribution in [3.8, 4) is 0 Å². The highest BCUT2D eigenvalue weighted by Crippen LogP contribution is 2.57. The third-order valence-electron chi connectivity index (χ3n) is 3.94. The summed E-state index contributed by atoms with van der Waals surface area (Å²) in [6.45, 7) is 6.90. The van der Waals surface area contributed by atoms with Crippen LogP contribution in [0.25, 0.3) is 11.2 Å². The summed E-state index contributed by atoms with van der Waals surface area (Å²) in [6, 6.07) is 0. The van der Waals surface area contributed by atoms with Crippen LogP contribution in [-0.2, 0) is 6.54 Å². The van der Waals surface area contributed by atoms with E-state index in [2.05, 4.69) is 28.8 Å². The van der Waals surface area contributed by atoms with E-state index in [0.29, 0.717) is 23.6 Å². The molecule has 2 aromatic rings. The van der Waals surface area contributed by atoms with Crippen molar-refractivity contribution in [3.63, 3.8) is 0 Å². The number of aromatic nitrogens is 4. The lowest BCUT2D eigenvalue weighted by molar-refractivity contribution is 0.610. The molecule has 2 heterocycles. The predicted octanol–water partition coefficient (Wildman–Crippen LogP) is 1.34. The standard InChI is InChI=1S/C13H18N4O2/c1-4-5-17-10-8(11(18)16-12(17)19)14-9(15-10)7-6-13(7,2)3/h7H,4-6H2,1-3H3,(H,14,15)(H,16,18,19). The summed E-state index contributed by atoms with van der Waals surface area (Å²) < 4.78 is 1.53. The summed E-state index contributed by atoms with van der Waals surface area (Å²) >= 11 is 0. The van der Waals surface area contributed by atoms with Crippen molar-refractivity contribution >= 4 is 11.2 Å². The highest BCUT2D eigenvalue weighted by molar-refractivity contribution is 5.70. The molecule has 102 valence electrons. The van der Waals surface area contributed by atoms with E-state index >= 15 is 0 Å². The van der Waals surface area contributed by atoms with Gasteiger partial charge in [-0.1, -0.05) is 20.8 Å². The maximum Gasteiger partial charge on any atom is 0.330 e. The number of nitrogens with one attached hydrogen (secondary N) is 2. The van der Waals surface area contributed by atoms with Crippen molar-refractivity contribution in [1.82, 2.24) is 19.5 Å². The van der Waals surface area contributed by atoms with Gasteiger partial charge in [-0.05, 0) is 18.3 Å². The van der Waals surface area contributed by atoms with Crippen molar-refractivity contribution in [2.75, 3.05) is 0 Å². The molecule has 6 nitrogen and oxygen atoms in total. The zero-order chi connectivity index (χ0) is 13.8. The van der Waals surface area contributed by atoms with E-state index in [4.69, 9.17) is 0 Å². The topological polar surface area (TPSA) is 83.5 Å². The van der Waals surface area contributed by atoms with Crippen LogP contribution in [0.15, 0.2) is 9.59 Å². The molecule has 1 aliphatic rings. The van der Waals surface area contributed by atoms with Crippen LogP contribution in [0.3, 0.4) is 0 Å². The average Bonchev–Trinajstić information content (AvgIpc) is 2.79. The van der Waals surface area contributed by atoms with Crippen molar-refractivity contribution in [1.29, 1.82) is 0 Å². The molecule has 0 spiro atoms. The van der Waals surface area contributed by atoms with Gasteiger partial charge in [0.05, 0.1) is 0 Å². The molecule has 1 unspecified atom stereocenters.